The number of nitrogens with zero attached hydrogens (tertiary/aromatic N) is 1. The number of benzene rings is 4. The molecule has 5 nitrogen and oxygen atoms in total. The van der Waals surface area contributed by atoms with Crippen molar-refractivity contribution in [2.75, 3.05) is 5.32 Å². The number of nitrogens with one attached hydrogen (secondary N) is 1. The third-order valence-electron chi connectivity index (χ3n) is 5.13. The van der Waals surface area contributed by atoms with E-state index in [0.717, 1.165) is 32.8 Å². The summed E-state index contributed by atoms with van der Waals surface area (Å²) in [5.41, 5.74) is 1.77. The highest BCUT2D eigenvalue weighted by atomic mass is 32.1. The molecule has 0 saturated carbocycles. The Bertz CT molecular complexity index is 1470. The second-order valence-electron chi connectivity index (χ2n) is 7.10. The largest absolute Gasteiger partial charge is 0.478 e. The molecule has 1 heterocycles. The van der Waals surface area contributed by atoms with Gasteiger partial charge in [-0.05, 0) is 39.7 Å². The van der Waals surface area contributed by atoms with Crippen molar-refractivity contribution in [3.05, 3.63) is 95.4 Å². The fourth-order valence-electron chi connectivity index (χ4n) is 3.58. The Balaban J connectivity index is 1.45. The number of fused-ring (bicyclic) bond motifs is 2. The minimum absolute atomic E-state index is 0.0393. The number of amides is 1. The summed E-state index contributed by atoms with van der Waals surface area (Å²) in [5.74, 6) is -1.64. The van der Waals surface area contributed by atoms with Gasteiger partial charge in [0.2, 0.25) is 0 Å². The van der Waals surface area contributed by atoms with Gasteiger partial charge < -0.3 is 5.11 Å². The number of carbonyl (C=O) groups is 2. The van der Waals surface area contributed by atoms with Crippen LogP contribution in [-0.2, 0) is 0 Å². The summed E-state index contributed by atoms with van der Waals surface area (Å²) in [7, 11) is 0. The smallest absolute Gasteiger partial charge is 0.336 e. The van der Waals surface area contributed by atoms with Crippen molar-refractivity contribution in [3.8, 4) is 11.3 Å². The second kappa shape index (κ2) is 7.66. The molecule has 5 aromatic rings. The number of aromatic nitrogens is 1. The van der Waals surface area contributed by atoms with E-state index in [1.54, 1.807) is 6.07 Å². The highest BCUT2D eigenvalue weighted by molar-refractivity contribution is 7.14. The lowest BCUT2D eigenvalue weighted by molar-refractivity contribution is 0.0692. The van der Waals surface area contributed by atoms with Gasteiger partial charge in [-0.2, -0.15) is 0 Å². The molecule has 0 bridgehead atoms. The van der Waals surface area contributed by atoms with Crippen LogP contribution in [-0.4, -0.2) is 22.0 Å². The van der Waals surface area contributed by atoms with Crippen molar-refractivity contribution in [2.45, 2.75) is 0 Å². The van der Waals surface area contributed by atoms with E-state index in [-0.39, 0.29) is 11.1 Å². The number of anilines is 1. The average Bonchev–Trinajstić information content (AvgIpc) is 3.26. The van der Waals surface area contributed by atoms with E-state index in [9.17, 15) is 14.7 Å². The molecule has 0 aliphatic carbocycles. The van der Waals surface area contributed by atoms with E-state index in [0.29, 0.717) is 5.13 Å². The maximum Gasteiger partial charge on any atom is 0.336 e. The van der Waals surface area contributed by atoms with E-state index in [4.69, 9.17) is 0 Å². The molecule has 4 aromatic carbocycles. The van der Waals surface area contributed by atoms with Crippen LogP contribution in [0.4, 0.5) is 5.13 Å². The van der Waals surface area contributed by atoms with Gasteiger partial charge in [0.25, 0.3) is 5.91 Å². The predicted molar refractivity (Wildman–Crippen MR) is 124 cm³/mol. The molecular formula is C25H16N2O3S. The first-order valence-corrected chi connectivity index (χ1v) is 10.5. The quantitative estimate of drug-likeness (QED) is 0.367. The lowest BCUT2D eigenvalue weighted by Crippen LogP contribution is -2.16. The van der Waals surface area contributed by atoms with E-state index in [1.165, 1.54) is 17.4 Å². The van der Waals surface area contributed by atoms with E-state index < -0.39 is 11.9 Å². The minimum Gasteiger partial charge on any atom is -0.478 e. The first kappa shape index (κ1) is 19.0. The van der Waals surface area contributed by atoms with Crippen LogP contribution in [0.1, 0.15) is 20.7 Å². The van der Waals surface area contributed by atoms with Crippen molar-refractivity contribution < 1.29 is 14.7 Å². The van der Waals surface area contributed by atoms with Crippen LogP contribution in [0.15, 0.2) is 84.2 Å². The number of thiazole rings is 1. The number of rotatable bonds is 4. The number of carboxylic acid groups (broad SMARTS) is 1. The number of carbonyl (C=O) groups excluding carboxylic acids is 1. The molecule has 5 rings (SSSR count). The van der Waals surface area contributed by atoms with Gasteiger partial charge in [-0.15, -0.1) is 11.3 Å². The maximum absolute atomic E-state index is 12.9. The molecule has 0 fully saturated rings. The fraction of sp³-hybridized carbons (Fsp3) is 0. The minimum atomic E-state index is -1.15. The van der Waals surface area contributed by atoms with Gasteiger partial charge in [0, 0.05) is 10.9 Å². The number of carboxylic acids is 1. The molecular weight excluding hydrogens is 408 g/mol. The van der Waals surface area contributed by atoms with Crippen LogP contribution >= 0.6 is 11.3 Å². The fourth-order valence-corrected chi connectivity index (χ4v) is 4.30. The molecule has 150 valence electrons. The van der Waals surface area contributed by atoms with E-state index in [2.05, 4.69) is 22.4 Å². The normalized spacial score (nSPS) is 11.0. The van der Waals surface area contributed by atoms with Crippen LogP contribution in [0.3, 0.4) is 0 Å². The number of hydrogen-bond donors (Lipinski definition) is 2. The topological polar surface area (TPSA) is 79.3 Å². The van der Waals surface area contributed by atoms with Crippen LogP contribution < -0.4 is 5.32 Å². The molecule has 0 aliphatic heterocycles. The number of hydrogen-bond acceptors (Lipinski definition) is 4. The van der Waals surface area contributed by atoms with Crippen LogP contribution in [0, 0.1) is 0 Å². The van der Waals surface area contributed by atoms with Gasteiger partial charge in [0.1, 0.15) is 0 Å². The monoisotopic (exact) mass is 424 g/mol. The predicted octanol–water partition coefficient (Wildman–Crippen LogP) is 6.07. The summed E-state index contributed by atoms with van der Waals surface area (Å²) in [4.78, 5) is 29.2. The zero-order valence-corrected chi connectivity index (χ0v) is 17.0. The standard InChI is InChI=1S/C25H16N2O3S/c28-23(20-12-17-7-3-4-8-18(17)13-21(20)24(29)30)27-25-26-22(14-31-25)19-10-9-15-5-1-2-6-16(15)11-19/h1-14H,(H,29,30)(H,26,27,28). The van der Waals surface area contributed by atoms with Gasteiger partial charge in [-0.25, -0.2) is 9.78 Å². The summed E-state index contributed by atoms with van der Waals surface area (Å²) in [6.45, 7) is 0. The van der Waals surface area contributed by atoms with Gasteiger partial charge in [-0.3, -0.25) is 10.1 Å². The van der Waals surface area contributed by atoms with Crippen molar-refractivity contribution in [3.63, 3.8) is 0 Å². The van der Waals surface area contributed by atoms with Crippen molar-refractivity contribution in [1.29, 1.82) is 0 Å². The SMILES string of the molecule is O=C(O)c1cc2ccccc2cc1C(=O)Nc1nc(-c2ccc3ccccc3c2)cs1. The molecule has 6 heteroatoms. The van der Waals surface area contributed by atoms with Gasteiger partial charge in [0.05, 0.1) is 16.8 Å². The molecule has 0 radical (unpaired) electrons. The molecule has 1 aromatic heterocycles. The van der Waals surface area contributed by atoms with Crippen LogP contribution in [0.2, 0.25) is 0 Å². The lowest BCUT2D eigenvalue weighted by atomic mass is 10.0. The van der Waals surface area contributed by atoms with E-state index >= 15 is 0 Å². The zero-order chi connectivity index (χ0) is 21.4. The Morgan fingerprint density at radius 3 is 2.06 bits per heavy atom. The van der Waals surface area contributed by atoms with Crippen LogP contribution in [0.5, 0.6) is 0 Å². The Morgan fingerprint density at radius 1 is 0.774 bits per heavy atom. The molecule has 0 aliphatic rings. The second-order valence-corrected chi connectivity index (χ2v) is 7.96. The molecule has 0 saturated heterocycles. The van der Waals surface area contributed by atoms with Crippen LogP contribution in [0.25, 0.3) is 32.8 Å². The summed E-state index contributed by atoms with van der Waals surface area (Å²) in [6.07, 6.45) is 0. The highest BCUT2D eigenvalue weighted by Gasteiger charge is 2.19. The third kappa shape index (κ3) is 3.65. The molecule has 1 amide bonds. The molecule has 0 unspecified atom stereocenters. The van der Waals surface area contributed by atoms with Crippen molar-refractivity contribution >= 4 is 49.9 Å². The summed E-state index contributed by atoms with van der Waals surface area (Å²) >= 11 is 1.30. The summed E-state index contributed by atoms with van der Waals surface area (Å²) in [5, 5.41) is 18.5. The Kier molecular flexibility index (Phi) is 4.69. The van der Waals surface area contributed by atoms with Gasteiger partial charge in [0.15, 0.2) is 5.13 Å². The number of aromatic carboxylic acids is 1. The molecule has 31 heavy (non-hydrogen) atoms. The van der Waals surface area contributed by atoms with Gasteiger partial charge >= 0.3 is 5.97 Å². The highest BCUT2D eigenvalue weighted by Crippen LogP contribution is 2.28. The Hall–Kier alpha value is -4.03. The first-order chi connectivity index (χ1) is 15.1. The summed E-state index contributed by atoms with van der Waals surface area (Å²) < 4.78 is 0. The summed E-state index contributed by atoms with van der Waals surface area (Å²) in [6, 6.07) is 24.6. The van der Waals surface area contributed by atoms with E-state index in [1.807, 2.05) is 60.0 Å². The molecule has 0 spiro atoms. The lowest BCUT2D eigenvalue weighted by Gasteiger charge is -2.08. The average molecular weight is 424 g/mol. The zero-order valence-electron chi connectivity index (χ0n) is 16.2. The molecule has 0 atom stereocenters. The van der Waals surface area contributed by atoms with Crippen molar-refractivity contribution in [2.24, 2.45) is 0 Å². The Morgan fingerprint density at radius 2 is 1.39 bits per heavy atom. The first-order valence-electron chi connectivity index (χ1n) is 9.61. The maximum atomic E-state index is 12.9. The third-order valence-corrected chi connectivity index (χ3v) is 5.89. The van der Waals surface area contributed by atoms with Crippen molar-refractivity contribution in [1.82, 2.24) is 4.98 Å². The van der Waals surface area contributed by atoms with Gasteiger partial charge in [-0.1, -0.05) is 60.7 Å². The Labute approximate surface area is 181 Å². The molecule has 2 N–H and O–H groups in total.